The van der Waals surface area contributed by atoms with E-state index in [2.05, 4.69) is 0 Å². The van der Waals surface area contributed by atoms with Crippen molar-refractivity contribution in [2.45, 2.75) is 69.2 Å². The van der Waals surface area contributed by atoms with E-state index in [1.54, 1.807) is 30.0 Å². The number of aliphatic hydroxyl groups excluding tert-OH is 1. The lowest BCUT2D eigenvalue weighted by atomic mass is 9.82. The number of aliphatic hydroxyl groups is 1. The number of hydrogen-bond donors (Lipinski definition) is 1. The summed E-state index contributed by atoms with van der Waals surface area (Å²) in [4.78, 5) is 57.2. The van der Waals surface area contributed by atoms with E-state index in [1.165, 1.54) is 41.1 Å². The summed E-state index contributed by atoms with van der Waals surface area (Å²) >= 11 is 0. The van der Waals surface area contributed by atoms with Gasteiger partial charge in [-0.1, -0.05) is 43.3 Å². The van der Waals surface area contributed by atoms with Gasteiger partial charge < -0.3 is 28.5 Å². The van der Waals surface area contributed by atoms with E-state index in [9.17, 15) is 29.6 Å². The smallest absolute Gasteiger partial charge is 0.414 e. The summed E-state index contributed by atoms with van der Waals surface area (Å²) in [6.07, 6.45) is -1.21. The molecule has 3 aromatic carbocycles. The van der Waals surface area contributed by atoms with Gasteiger partial charge in [0.15, 0.2) is 5.60 Å². The lowest BCUT2D eigenvalue weighted by Crippen LogP contribution is -2.48. The number of carbonyl (C=O) groups is 3. The molecule has 0 aliphatic carbocycles. The summed E-state index contributed by atoms with van der Waals surface area (Å²) in [7, 11) is -3.65. The zero-order valence-corrected chi connectivity index (χ0v) is 29.1. The number of amides is 3. The van der Waals surface area contributed by atoms with E-state index in [-0.39, 0.29) is 49.9 Å². The molecular weight excluding hydrogens is 664 g/mol. The predicted octanol–water partition coefficient (Wildman–Crippen LogP) is 5.21. The second-order valence-electron chi connectivity index (χ2n) is 14.1. The molecule has 0 aromatic heterocycles. The van der Waals surface area contributed by atoms with Gasteiger partial charge in [-0.25, -0.2) is 4.79 Å². The van der Waals surface area contributed by atoms with Crippen molar-refractivity contribution in [2.75, 3.05) is 29.6 Å². The highest BCUT2D eigenvalue weighted by atomic mass is 28.4. The minimum Gasteiger partial charge on any atom is -0.447 e. The van der Waals surface area contributed by atoms with Gasteiger partial charge in [0.05, 0.1) is 48.9 Å². The number of fused-ring (bicyclic) bond motifs is 3. The van der Waals surface area contributed by atoms with Crippen molar-refractivity contribution < 1.29 is 38.0 Å². The number of ether oxygens (including phenoxy) is 2. The van der Waals surface area contributed by atoms with Gasteiger partial charge in [-0.15, -0.1) is 0 Å². The molecule has 4 heterocycles. The van der Waals surface area contributed by atoms with Crippen LogP contribution in [0, 0.1) is 16.0 Å². The third-order valence-corrected chi connectivity index (χ3v) is 13.2. The standard InChI is InChI=1S/C36H39FN4O8Si/c1-22-33(50(2,3)37)31(18-32(43)39-20-25-9-5-4-8-24(25)16-28(39)21-42)49-36(22)29-17-27(41(46)47)11-12-30(29)40(34(36)44)19-23-7-6-10-26(15-23)38-13-14-48-35(38)45/h4-12,15,17,22,28,31,33,42H,13-14,16,18-21H2,1-3H3/t22-,28+,31+,33-,36+/m1/s1. The normalized spacial score (nSPS) is 26.0. The Morgan fingerprint density at radius 1 is 1.10 bits per heavy atom. The Bertz CT molecular complexity index is 1890. The molecule has 14 heteroatoms. The van der Waals surface area contributed by atoms with Crippen molar-refractivity contribution in [2.24, 2.45) is 5.92 Å². The maximum Gasteiger partial charge on any atom is 0.414 e. The van der Waals surface area contributed by atoms with E-state index >= 15 is 4.11 Å². The number of cyclic esters (lactones) is 1. The predicted molar refractivity (Wildman–Crippen MR) is 184 cm³/mol. The molecule has 2 saturated heterocycles. The molecule has 0 bridgehead atoms. The number of rotatable bonds is 8. The van der Waals surface area contributed by atoms with Crippen LogP contribution in [-0.2, 0) is 44.2 Å². The molecule has 1 spiro atoms. The Kier molecular flexibility index (Phi) is 8.51. The summed E-state index contributed by atoms with van der Waals surface area (Å²) in [5.41, 5.74) is 1.14. The molecule has 0 radical (unpaired) electrons. The molecule has 4 aliphatic rings. The number of hydrogen-bond acceptors (Lipinski definition) is 8. The van der Waals surface area contributed by atoms with Crippen molar-refractivity contribution >= 4 is 43.4 Å². The Balaban J connectivity index is 1.25. The van der Waals surface area contributed by atoms with Crippen molar-refractivity contribution in [3.05, 3.63) is 99.1 Å². The molecule has 0 unspecified atom stereocenters. The molecule has 2 fully saturated rings. The van der Waals surface area contributed by atoms with E-state index in [4.69, 9.17) is 9.47 Å². The quantitative estimate of drug-likeness (QED) is 0.146. The summed E-state index contributed by atoms with van der Waals surface area (Å²) in [5, 5.41) is 22.2. The van der Waals surface area contributed by atoms with Crippen LogP contribution < -0.4 is 9.80 Å². The fraction of sp³-hybridized carbons (Fsp3) is 0.417. The number of nitrogens with zero attached hydrogens (tertiary/aromatic N) is 4. The minimum atomic E-state index is -3.65. The maximum absolute atomic E-state index is 16.5. The molecule has 3 aromatic rings. The fourth-order valence-electron chi connectivity index (χ4n) is 8.47. The number of non-ortho nitro benzene ring substituents is 1. The SMILES string of the molecule is C[C@@H]1[C@@H]([Si](C)(C)F)[C@H](CC(=O)N2Cc3ccccc3C[C@H]2CO)O[C@@]12C(=O)N(Cc1cccc(N3CCOC3=O)c1)c1ccc([N+](=O)[O-])cc12. The van der Waals surface area contributed by atoms with Gasteiger partial charge in [0.1, 0.15) is 6.61 Å². The van der Waals surface area contributed by atoms with Gasteiger partial charge >= 0.3 is 6.09 Å². The largest absolute Gasteiger partial charge is 0.447 e. The van der Waals surface area contributed by atoms with Crippen LogP contribution in [0.5, 0.6) is 0 Å². The van der Waals surface area contributed by atoms with E-state index in [0.29, 0.717) is 29.9 Å². The average Bonchev–Trinajstić information content (AvgIpc) is 3.72. The molecular formula is C36H39FN4O8Si. The number of anilines is 2. The van der Waals surface area contributed by atoms with Crippen LogP contribution in [0.3, 0.4) is 0 Å². The number of nitro benzene ring substituents is 1. The van der Waals surface area contributed by atoms with Crippen LogP contribution in [-0.4, -0.2) is 73.1 Å². The number of benzene rings is 3. The highest BCUT2D eigenvalue weighted by Crippen LogP contribution is 2.60. The van der Waals surface area contributed by atoms with Crippen LogP contribution in [0.2, 0.25) is 18.6 Å². The van der Waals surface area contributed by atoms with Gasteiger partial charge in [-0.05, 0) is 54.4 Å². The summed E-state index contributed by atoms with van der Waals surface area (Å²) in [6, 6.07) is 18.6. The Labute approximate surface area is 289 Å². The van der Waals surface area contributed by atoms with Gasteiger partial charge in [-0.3, -0.25) is 24.6 Å². The van der Waals surface area contributed by atoms with Gasteiger partial charge in [0, 0.05) is 41.4 Å². The molecule has 262 valence electrons. The molecule has 5 atom stereocenters. The fourth-order valence-corrected chi connectivity index (χ4v) is 11.0. The van der Waals surface area contributed by atoms with Crippen molar-refractivity contribution in [3.8, 4) is 0 Å². The summed E-state index contributed by atoms with van der Waals surface area (Å²) in [6.45, 7) is 5.54. The van der Waals surface area contributed by atoms with Crippen LogP contribution >= 0.6 is 0 Å². The zero-order valence-electron chi connectivity index (χ0n) is 28.1. The minimum absolute atomic E-state index is 0.0499. The van der Waals surface area contributed by atoms with Crippen LogP contribution in [0.1, 0.15) is 35.6 Å². The van der Waals surface area contributed by atoms with Crippen LogP contribution in [0.15, 0.2) is 66.7 Å². The zero-order chi connectivity index (χ0) is 35.5. The number of carbonyl (C=O) groups excluding carboxylic acids is 3. The molecule has 7 rings (SSSR count). The summed E-state index contributed by atoms with van der Waals surface area (Å²) < 4.78 is 28.3. The molecule has 0 saturated carbocycles. The lowest BCUT2D eigenvalue weighted by molar-refractivity contribution is -0.385. The van der Waals surface area contributed by atoms with Gasteiger partial charge in [0.2, 0.25) is 14.3 Å². The molecule has 1 N–H and O–H groups in total. The first-order chi connectivity index (χ1) is 23.8. The van der Waals surface area contributed by atoms with E-state index < -0.39 is 54.5 Å². The third-order valence-electron chi connectivity index (χ3n) is 10.7. The average molecular weight is 703 g/mol. The second-order valence-corrected chi connectivity index (χ2v) is 17.9. The van der Waals surface area contributed by atoms with E-state index in [1.807, 2.05) is 30.3 Å². The first-order valence-electron chi connectivity index (χ1n) is 16.8. The second kappa shape index (κ2) is 12.6. The topological polar surface area (TPSA) is 143 Å². The molecule has 3 amide bonds. The highest BCUT2D eigenvalue weighted by molar-refractivity contribution is 6.72. The Hall–Kier alpha value is -4.66. The van der Waals surface area contributed by atoms with Crippen molar-refractivity contribution in [1.82, 2.24) is 4.90 Å². The Morgan fingerprint density at radius 3 is 2.54 bits per heavy atom. The van der Waals surface area contributed by atoms with Gasteiger partial charge in [0.25, 0.3) is 11.6 Å². The van der Waals surface area contributed by atoms with Gasteiger partial charge in [-0.2, -0.15) is 0 Å². The van der Waals surface area contributed by atoms with Crippen molar-refractivity contribution in [3.63, 3.8) is 0 Å². The number of nitro groups is 1. The monoisotopic (exact) mass is 702 g/mol. The van der Waals surface area contributed by atoms with E-state index in [0.717, 1.165) is 11.1 Å². The molecule has 4 aliphatic heterocycles. The number of halogens is 1. The summed E-state index contributed by atoms with van der Waals surface area (Å²) in [5.74, 6) is -1.59. The van der Waals surface area contributed by atoms with Crippen LogP contribution in [0.4, 0.5) is 26.0 Å². The first kappa shape index (κ1) is 33.8. The highest BCUT2D eigenvalue weighted by Gasteiger charge is 2.67. The molecule has 50 heavy (non-hydrogen) atoms. The molecule has 12 nitrogen and oxygen atoms in total. The van der Waals surface area contributed by atoms with Crippen molar-refractivity contribution in [1.29, 1.82) is 0 Å². The first-order valence-corrected chi connectivity index (χ1v) is 19.8. The Morgan fingerprint density at radius 2 is 1.86 bits per heavy atom. The lowest BCUT2D eigenvalue weighted by Gasteiger charge is -2.37. The maximum atomic E-state index is 16.5. The third kappa shape index (κ3) is 5.55. The van der Waals surface area contributed by atoms with Crippen LogP contribution in [0.25, 0.3) is 0 Å².